The van der Waals surface area contributed by atoms with Crippen LogP contribution in [0.15, 0.2) is 12.1 Å². The molecular weight excluding hydrogens is 181 g/mol. The molecule has 0 heterocycles. The number of aromatic hydroxyl groups is 1. The minimum absolute atomic E-state index is 0.295. The monoisotopic (exact) mass is 195 g/mol. The number of phenols is 1. The molecule has 0 unspecified atom stereocenters. The smallest absolute Gasteiger partial charge is 0.167 e. The van der Waals surface area contributed by atoms with Crippen molar-refractivity contribution >= 4 is 0 Å². The molecule has 0 amide bonds. The van der Waals surface area contributed by atoms with E-state index < -0.39 is 5.82 Å². The fourth-order valence-electron chi connectivity index (χ4n) is 1.88. The van der Waals surface area contributed by atoms with E-state index in [0.29, 0.717) is 5.56 Å². The lowest BCUT2D eigenvalue weighted by atomic mass is 9.72. The highest BCUT2D eigenvalue weighted by Gasteiger charge is 2.35. The van der Waals surface area contributed by atoms with E-state index >= 15 is 0 Å². The van der Waals surface area contributed by atoms with Gasteiger partial charge in [0, 0.05) is 5.54 Å². The van der Waals surface area contributed by atoms with Crippen molar-refractivity contribution in [3.05, 3.63) is 29.1 Å². The molecule has 3 heteroatoms. The summed E-state index contributed by atoms with van der Waals surface area (Å²) >= 11 is 0. The summed E-state index contributed by atoms with van der Waals surface area (Å²) in [6.07, 6.45) is 2.93. The maximum absolute atomic E-state index is 13.1. The zero-order valence-corrected chi connectivity index (χ0v) is 8.18. The standard InChI is InChI=1S/C11H14FNO/c1-7-5-8(6-9(14)10(7)12)11(13)3-2-4-11/h5-6,14H,2-4,13H2,1H3. The molecule has 76 valence electrons. The predicted octanol–water partition coefficient (Wildman–Crippen LogP) is 2.18. The number of aryl methyl sites for hydroxylation is 1. The highest BCUT2D eigenvalue weighted by molar-refractivity contribution is 5.39. The fraction of sp³-hybridized carbons (Fsp3) is 0.455. The van der Waals surface area contributed by atoms with Crippen LogP contribution >= 0.6 is 0 Å². The van der Waals surface area contributed by atoms with Crippen molar-refractivity contribution in [1.82, 2.24) is 0 Å². The Kier molecular flexibility index (Phi) is 2.00. The number of phenolic OH excluding ortho intramolecular Hbond substituents is 1. The van der Waals surface area contributed by atoms with Crippen molar-refractivity contribution in [2.24, 2.45) is 5.73 Å². The molecule has 1 aromatic carbocycles. The van der Waals surface area contributed by atoms with Crippen molar-refractivity contribution in [3.63, 3.8) is 0 Å². The van der Waals surface area contributed by atoms with Gasteiger partial charge in [-0.2, -0.15) is 0 Å². The van der Waals surface area contributed by atoms with Crippen LogP contribution < -0.4 is 5.73 Å². The van der Waals surface area contributed by atoms with Crippen LogP contribution in [0.3, 0.4) is 0 Å². The van der Waals surface area contributed by atoms with Crippen LogP contribution in [0.5, 0.6) is 5.75 Å². The molecule has 0 spiro atoms. The Hall–Kier alpha value is -1.09. The molecule has 1 aromatic rings. The first-order valence-electron chi connectivity index (χ1n) is 4.81. The molecule has 14 heavy (non-hydrogen) atoms. The number of halogens is 1. The molecule has 1 aliphatic rings. The Bertz CT molecular complexity index is 349. The molecule has 0 aromatic heterocycles. The SMILES string of the molecule is Cc1cc(C2(N)CCC2)cc(O)c1F. The molecule has 2 nitrogen and oxygen atoms in total. The van der Waals surface area contributed by atoms with Crippen LogP contribution in [0.4, 0.5) is 4.39 Å². The first kappa shape index (κ1) is 9.46. The number of hydrogen-bond acceptors (Lipinski definition) is 2. The maximum atomic E-state index is 13.1. The topological polar surface area (TPSA) is 46.2 Å². The summed E-state index contributed by atoms with van der Waals surface area (Å²) in [6.45, 7) is 1.64. The maximum Gasteiger partial charge on any atom is 0.167 e. The number of nitrogens with two attached hydrogens (primary N) is 1. The fourth-order valence-corrected chi connectivity index (χ4v) is 1.88. The van der Waals surface area contributed by atoms with Gasteiger partial charge in [0.1, 0.15) is 0 Å². The third-order valence-electron chi connectivity index (χ3n) is 3.06. The second-order valence-electron chi connectivity index (χ2n) is 4.14. The molecule has 2 rings (SSSR count). The van der Waals surface area contributed by atoms with Crippen LogP contribution in [0, 0.1) is 12.7 Å². The zero-order valence-electron chi connectivity index (χ0n) is 8.18. The Morgan fingerprint density at radius 3 is 2.50 bits per heavy atom. The summed E-state index contributed by atoms with van der Waals surface area (Å²) in [5, 5.41) is 9.33. The Labute approximate surface area is 82.5 Å². The van der Waals surface area contributed by atoms with E-state index in [4.69, 9.17) is 5.73 Å². The number of rotatable bonds is 1. The largest absolute Gasteiger partial charge is 0.505 e. The Balaban J connectivity index is 2.45. The van der Waals surface area contributed by atoms with Gasteiger partial charge in [-0.15, -0.1) is 0 Å². The van der Waals surface area contributed by atoms with Gasteiger partial charge in [-0.1, -0.05) is 6.07 Å². The zero-order chi connectivity index (χ0) is 10.3. The highest BCUT2D eigenvalue weighted by Crippen LogP contribution is 2.40. The second kappa shape index (κ2) is 2.95. The third kappa shape index (κ3) is 1.28. The summed E-state index contributed by atoms with van der Waals surface area (Å²) in [4.78, 5) is 0. The van der Waals surface area contributed by atoms with Crippen LogP contribution in [0.25, 0.3) is 0 Å². The van der Waals surface area contributed by atoms with Crippen molar-refractivity contribution in [2.75, 3.05) is 0 Å². The van der Waals surface area contributed by atoms with Gasteiger partial charge in [0.15, 0.2) is 11.6 Å². The van der Waals surface area contributed by atoms with Crippen molar-refractivity contribution in [3.8, 4) is 5.75 Å². The summed E-state index contributed by atoms with van der Waals surface area (Å²) < 4.78 is 13.1. The number of benzene rings is 1. The summed E-state index contributed by atoms with van der Waals surface area (Å²) in [5.74, 6) is -0.839. The van der Waals surface area contributed by atoms with Crippen molar-refractivity contribution < 1.29 is 9.50 Å². The summed E-state index contributed by atoms with van der Waals surface area (Å²) in [7, 11) is 0. The van der Waals surface area contributed by atoms with E-state index in [1.165, 1.54) is 6.07 Å². The molecule has 0 bridgehead atoms. The van der Waals surface area contributed by atoms with Crippen LogP contribution in [-0.2, 0) is 5.54 Å². The second-order valence-corrected chi connectivity index (χ2v) is 4.14. The molecule has 1 fully saturated rings. The molecule has 1 aliphatic carbocycles. The van der Waals surface area contributed by atoms with Gasteiger partial charge in [-0.05, 0) is 43.4 Å². The average Bonchev–Trinajstić information content (AvgIpc) is 2.09. The van der Waals surface area contributed by atoms with Crippen LogP contribution in [-0.4, -0.2) is 5.11 Å². The molecule has 3 N–H and O–H groups in total. The predicted molar refractivity (Wildman–Crippen MR) is 52.5 cm³/mol. The average molecular weight is 195 g/mol. The molecule has 0 aliphatic heterocycles. The van der Waals surface area contributed by atoms with Gasteiger partial charge >= 0.3 is 0 Å². The molecule has 0 atom stereocenters. The number of hydrogen-bond donors (Lipinski definition) is 2. The van der Waals surface area contributed by atoms with E-state index in [2.05, 4.69) is 0 Å². The minimum Gasteiger partial charge on any atom is -0.505 e. The Morgan fingerprint density at radius 2 is 2.07 bits per heavy atom. The minimum atomic E-state index is -0.545. The van der Waals surface area contributed by atoms with E-state index in [1.54, 1.807) is 13.0 Å². The summed E-state index contributed by atoms with van der Waals surface area (Å²) in [5.41, 5.74) is 7.04. The first-order chi connectivity index (χ1) is 6.53. The quantitative estimate of drug-likeness (QED) is 0.721. The lowest BCUT2D eigenvalue weighted by molar-refractivity contribution is 0.252. The van der Waals surface area contributed by atoms with E-state index in [0.717, 1.165) is 24.8 Å². The van der Waals surface area contributed by atoms with Crippen LogP contribution in [0.1, 0.15) is 30.4 Å². The lowest BCUT2D eigenvalue weighted by Crippen LogP contribution is -2.43. The third-order valence-corrected chi connectivity index (χ3v) is 3.06. The van der Waals surface area contributed by atoms with Gasteiger partial charge in [0.25, 0.3) is 0 Å². The van der Waals surface area contributed by atoms with E-state index in [1.807, 2.05) is 0 Å². The van der Waals surface area contributed by atoms with Crippen molar-refractivity contribution in [1.29, 1.82) is 0 Å². The van der Waals surface area contributed by atoms with Gasteiger partial charge in [-0.3, -0.25) is 0 Å². The normalized spacial score (nSPS) is 19.1. The van der Waals surface area contributed by atoms with E-state index in [9.17, 15) is 9.50 Å². The molecular formula is C11H14FNO. The van der Waals surface area contributed by atoms with Crippen molar-refractivity contribution in [2.45, 2.75) is 31.7 Å². The lowest BCUT2D eigenvalue weighted by Gasteiger charge is -2.38. The van der Waals surface area contributed by atoms with E-state index in [-0.39, 0.29) is 11.3 Å². The van der Waals surface area contributed by atoms with Crippen LogP contribution in [0.2, 0.25) is 0 Å². The summed E-state index contributed by atoms with van der Waals surface area (Å²) in [6, 6.07) is 3.18. The first-order valence-corrected chi connectivity index (χ1v) is 4.81. The van der Waals surface area contributed by atoms with Gasteiger partial charge < -0.3 is 10.8 Å². The highest BCUT2D eigenvalue weighted by atomic mass is 19.1. The molecule has 0 saturated heterocycles. The van der Waals surface area contributed by atoms with Gasteiger partial charge in [0.2, 0.25) is 0 Å². The Morgan fingerprint density at radius 1 is 1.43 bits per heavy atom. The van der Waals surface area contributed by atoms with Gasteiger partial charge in [0.05, 0.1) is 0 Å². The van der Waals surface area contributed by atoms with Gasteiger partial charge in [-0.25, -0.2) is 4.39 Å². The molecule has 0 radical (unpaired) electrons. The molecule has 1 saturated carbocycles.